The summed E-state index contributed by atoms with van der Waals surface area (Å²) < 4.78 is 0. The number of nitrogens with zero attached hydrogens (tertiary/aromatic N) is 3. The smallest absolute Gasteiger partial charge is 0.110 e. The maximum absolute atomic E-state index is 9.39. The molecule has 0 saturated heterocycles. The van der Waals surface area contributed by atoms with Gasteiger partial charge in [0.05, 0.1) is 18.2 Å². The maximum atomic E-state index is 9.39. The molecule has 208 valence electrons. The lowest BCUT2D eigenvalue weighted by Gasteiger charge is -2.38. The van der Waals surface area contributed by atoms with Gasteiger partial charge < -0.3 is 0 Å². The Hall–Kier alpha value is -1.65. The van der Waals surface area contributed by atoms with E-state index in [9.17, 15) is 10.5 Å². The van der Waals surface area contributed by atoms with E-state index in [0.717, 1.165) is 38.0 Å². The first-order chi connectivity index (χ1) is 16.9. The summed E-state index contributed by atoms with van der Waals surface area (Å²) in [6.45, 7) is 19.1. The summed E-state index contributed by atoms with van der Waals surface area (Å²) in [4.78, 5) is 0. The van der Waals surface area contributed by atoms with Crippen LogP contribution in [-0.4, -0.2) is 33.2 Å². The molecule has 0 heterocycles. The minimum absolute atomic E-state index is 0.0487. The van der Waals surface area contributed by atoms with Crippen molar-refractivity contribution in [1.82, 2.24) is 16.0 Å². The fraction of sp³-hybridized carbons (Fsp3) is 0.903. The Morgan fingerprint density at radius 2 is 1.05 bits per heavy atom. The molecular formula is C31H54N6. The molecule has 0 amide bonds. The van der Waals surface area contributed by atoms with Gasteiger partial charge in [-0.25, -0.2) is 0 Å². The van der Waals surface area contributed by atoms with Crippen molar-refractivity contribution in [1.29, 1.82) is 15.8 Å². The summed E-state index contributed by atoms with van der Waals surface area (Å²) in [5.41, 5.74) is -0.435. The first kappa shape index (κ1) is 31.6. The average Bonchev–Trinajstić information content (AvgIpc) is 3.22. The quantitative estimate of drug-likeness (QED) is 0.400. The molecule has 6 heteroatoms. The summed E-state index contributed by atoms with van der Waals surface area (Å²) in [5, 5.41) is 37.6. The highest BCUT2D eigenvalue weighted by molar-refractivity contribution is 5.20. The van der Waals surface area contributed by atoms with Crippen LogP contribution in [0.15, 0.2) is 0 Å². The number of hydrogen-bond acceptors (Lipinski definition) is 6. The van der Waals surface area contributed by atoms with Gasteiger partial charge in [-0.05, 0) is 126 Å². The van der Waals surface area contributed by atoms with Crippen LogP contribution in [0.5, 0.6) is 0 Å². The lowest BCUT2D eigenvalue weighted by molar-refractivity contribution is 0.216. The van der Waals surface area contributed by atoms with Gasteiger partial charge in [0.25, 0.3) is 0 Å². The Morgan fingerprint density at radius 3 is 1.35 bits per heavy atom. The van der Waals surface area contributed by atoms with E-state index >= 15 is 0 Å². The lowest BCUT2D eigenvalue weighted by Crippen LogP contribution is -2.56. The number of hydrogen-bond donors (Lipinski definition) is 3. The molecule has 0 radical (unpaired) electrons. The molecule has 0 aromatic rings. The van der Waals surface area contributed by atoms with Gasteiger partial charge in [0, 0.05) is 16.6 Å². The van der Waals surface area contributed by atoms with Gasteiger partial charge in [0.1, 0.15) is 16.6 Å². The minimum atomic E-state index is -0.240. The van der Waals surface area contributed by atoms with Crippen molar-refractivity contribution >= 4 is 0 Å². The van der Waals surface area contributed by atoms with Crippen molar-refractivity contribution in [3.05, 3.63) is 0 Å². The fourth-order valence-electron chi connectivity index (χ4n) is 6.56. The molecule has 1 unspecified atom stereocenters. The fourth-order valence-corrected chi connectivity index (χ4v) is 6.56. The van der Waals surface area contributed by atoms with Crippen molar-refractivity contribution < 1.29 is 0 Å². The molecule has 4 saturated carbocycles. The van der Waals surface area contributed by atoms with Crippen molar-refractivity contribution in [2.24, 2.45) is 11.8 Å². The van der Waals surface area contributed by atoms with E-state index in [1.165, 1.54) is 38.5 Å². The Morgan fingerprint density at radius 1 is 0.595 bits per heavy atom. The van der Waals surface area contributed by atoms with E-state index in [1.807, 2.05) is 0 Å². The number of nitrogens with one attached hydrogen (secondary N) is 3. The molecule has 0 aromatic carbocycles. The maximum Gasteiger partial charge on any atom is 0.110 e. The number of fused-ring (bicyclic) bond motifs is 2. The molecule has 0 aromatic heterocycles. The first-order valence-electron chi connectivity index (χ1n) is 14.5. The summed E-state index contributed by atoms with van der Waals surface area (Å²) in [5.74, 6) is 1.42. The van der Waals surface area contributed by atoms with Crippen LogP contribution in [-0.2, 0) is 0 Å². The summed E-state index contributed by atoms with van der Waals surface area (Å²) >= 11 is 0. The molecular weight excluding hydrogens is 456 g/mol. The molecule has 6 nitrogen and oxygen atoms in total. The predicted molar refractivity (Wildman–Crippen MR) is 151 cm³/mol. The third-order valence-corrected chi connectivity index (χ3v) is 7.76. The molecule has 3 N–H and O–H groups in total. The van der Waals surface area contributed by atoms with Gasteiger partial charge in [-0.1, -0.05) is 19.3 Å². The molecule has 0 aliphatic heterocycles. The topological polar surface area (TPSA) is 107 Å². The Kier molecular flexibility index (Phi) is 9.91. The van der Waals surface area contributed by atoms with E-state index in [1.54, 1.807) is 0 Å². The zero-order valence-electron chi connectivity index (χ0n) is 25.3. The van der Waals surface area contributed by atoms with Gasteiger partial charge in [0.15, 0.2) is 0 Å². The number of rotatable bonds is 3. The van der Waals surface area contributed by atoms with Crippen LogP contribution >= 0.6 is 0 Å². The van der Waals surface area contributed by atoms with Gasteiger partial charge in [-0.15, -0.1) is 0 Å². The van der Waals surface area contributed by atoms with Crippen molar-refractivity contribution in [2.75, 3.05) is 0 Å². The van der Waals surface area contributed by atoms with E-state index < -0.39 is 0 Å². The van der Waals surface area contributed by atoms with Gasteiger partial charge in [0.2, 0.25) is 0 Å². The highest BCUT2D eigenvalue weighted by Crippen LogP contribution is 2.51. The average molecular weight is 511 g/mol. The summed E-state index contributed by atoms with van der Waals surface area (Å²) in [6.07, 6.45) is 12.7. The van der Waals surface area contributed by atoms with Crippen molar-refractivity contribution in [3.8, 4) is 18.2 Å². The van der Waals surface area contributed by atoms with Gasteiger partial charge in [-0.2, -0.15) is 15.8 Å². The molecule has 0 spiro atoms. The molecule has 4 fully saturated rings. The highest BCUT2D eigenvalue weighted by atomic mass is 15.1. The molecule has 2 bridgehead atoms. The van der Waals surface area contributed by atoms with Crippen LogP contribution in [0.4, 0.5) is 0 Å². The summed E-state index contributed by atoms with van der Waals surface area (Å²) in [6, 6.07) is 7.31. The Balaban J connectivity index is 0.000000198. The molecule has 4 rings (SSSR count). The third-order valence-electron chi connectivity index (χ3n) is 7.76. The van der Waals surface area contributed by atoms with Crippen LogP contribution < -0.4 is 16.0 Å². The van der Waals surface area contributed by atoms with E-state index in [2.05, 4.69) is 96.5 Å². The van der Waals surface area contributed by atoms with Crippen LogP contribution in [0.2, 0.25) is 0 Å². The Labute approximate surface area is 228 Å². The number of nitriles is 3. The molecule has 3 atom stereocenters. The SMILES string of the molecule is CC(C)(C)NC1(C#N)CC1.CC(C)(C)NC1(C#N)CCCCC1.CC(C)(C)NC1(C#N)C[C@H]2CC[C@@H]1C2. The molecule has 4 aliphatic carbocycles. The zero-order valence-corrected chi connectivity index (χ0v) is 25.3. The highest BCUT2D eigenvalue weighted by Gasteiger charge is 2.52. The second-order valence-corrected chi connectivity index (χ2v) is 15.2. The van der Waals surface area contributed by atoms with E-state index in [4.69, 9.17) is 5.26 Å². The minimum Gasteiger partial charge on any atom is -0.295 e. The monoisotopic (exact) mass is 510 g/mol. The molecule has 4 aliphatic rings. The normalized spacial score (nSPS) is 29.4. The Bertz CT molecular complexity index is 872. The van der Waals surface area contributed by atoms with Gasteiger partial charge in [-0.3, -0.25) is 16.0 Å². The largest absolute Gasteiger partial charge is 0.295 e. The van der Waals surface area contributed by atoms with E-state index in [0.29, 0.717) is 5.92 Å². The third kappa shape index (κ3) is 9.87. The van der Waals surface area contributed by atoms with Gasteiger partial charge >= 0.3 is 0 Å². The second-order valence-electron chi connectivity index (χ2n) is 15.2. The van der Waals surface area contributed by atoms with Crippen molar-refractivity contribution in [2.45, 2.75) is 166 Å². The van der Waals surface area contributed by atoms with Crippen LogP contribution in [0.25, 0.3) is 0 Å². The lowest BCUT2D eigenvalue weighted by atomic mass is 9.80. The van der Waals surface area contributed by atoms with Crippen LogP contribution in [0, 0.1) is 45.8 Å². The summed E-state index contributed by atoms with van der Waals surface area (Å²) in [7, 11) is 0. The van der Waals surface area contributed by atoms with Crippen LogP contribution in [0.1, 0.15) is 133 Å². The van der Waals surface area contributed by atoms with Crippen molar-refractivity contribution in [3.63, 3.8) is 0 Å². The standard InChI is InChI=1S/C12H20N2.C11H20N2.C8H14N2/c1-11(2,3)14-12(8-13)7-9-4-5-10(12)6-9;1-10(2,3)13-11(9-12)7-5-4-6-8-11;1-7(2,3)10-8(6-9)4-5-8/h9-10,14H,4-7H2,1-3H3;13H,4-8H2,1-3H3;10H,4-5H2,1-3H3/t9-,10+,12?;;/m0../s1. The second kappa shape index (κ2) is 11.6. The van der Waals surface area contributed by atoms with E-state index in [-0.39, 0.29) is 33.2 Å². The van der Waals surface area contributed by atoms with Crippen LogP contribution in [0.3, 0.4) is 0 Å². The zero-order chi connectivity index (χ0) is 28.2. The molecule has 37 heavy (non-hydrogen) atoms. The predicted octanol–water partition coefficient (Wildman–Crippen LogP) is 6.49. The first-order valence-corrected chi connectivity index (χ1v) is 14.5.